The molecule has 0 spiro atoms. The molecule has 0 aliphatic heterocycles. The largest absolute Gasteiger partial charge is 0.321 e. The van der Waals surface area contributed by atoms with Crippen LogP contribution in [0.4, 0.5) is 0 Å². The van der Waals surface area contributed by atoms with Gasteiger partial charge in [-0.1, -0.05) is 26.2 Å². The van der Waals surface area contributed by atoms with Crippen LogP contribution in [0.2, 0.25) is 0 Å². The van der Waals surface area contributed by atoms with Gasteiger partial charge in [0.2, 0.25) is 0 Å². The summed E-state index contributed by atoms with van der Waals surface area (Å²) in [7, 11) is 0. The maximum absolute atomic E-state index is 6.55. The van der Waals surface area contributed by atoms with Gasteiger partial charge in [0.05, 0.1) is 0 Å². The maximum atomic E-state index is 6.55. The van der Waals surface area contributed by atoms with Gasteiger partial charge in [-0.15, -0.1) is 0 Å². The summed E-state index contributed by atoms with van der Waals surface area (Å²) >= 11 is 1.77. The van der Waals surface area contributed by atoms with Gasteiger partial charge in [-0.2, -0.15) is 11.3 Å². The monoisotopic (exact) mass is 223 g/mol. The molecule has 1 aliphatic carbocycles. The van der Waals surface area contributed by atoms with E-state index >= 15 is 0 Å². The van der Waals surface area contributed by atoms with E-state index in [4.69, 9.17) is 5.73 Å². The van der Waals surface area contributed by atoms with E-state index in [1.807, 2.05) is 0 Å². The van der Waals surface area contributed by atoms with Crippen LogP contribution in [-0.2, 0) is 5.54 Å². The fourth-order valence-electron chi connectivity index (χ4n) is 2.68. The Morgan fingerprint density at radius 1 is 1.47 bits per heavy atom. The Morgan fingerprint density at radius 3 is 3.00 bits per heavy atom. The van der Waals surface area contributed by atoms with E-state index in [-0.39, 0.29) is 5.54 Å². The fourth-order valence-corrected chi connectivity index (χ4v) is 3.45. The van der Waals surface area contributed by atoms with Gasteiger partial charge in [-0.05, 0) is 47.6 Å². The van der Waals surface area contributed by atoms with Crippen LogP contribution in [0.5, 0.6) is 0 Å². The van der Waals surface area contributed by atoms with Crippen LogP contribution < -0.4 is 5.73 Å². The number of rotatable bonds is 2. The lowest BCUT2D eigenvalue weighted by Crippen LogP contribution is -2.35. The Balaban J connectivity index is 2.09. The highest BCUT2D eigenvalue weighted by Gasteiger charge is 2.30. The topological polar surface area (TPSA) is 26.0 Å². The first kappa shape index (κ1) is 11.2. The predicted molar refractivity (Wildman–Crippen MR) is 67.1 cm³/mol. The fraction of sp³-hybridized carbons (Fsp3) is 0.692. The molecule has 1 heterocycles. The van der Waals surface area contributed by atoms with Crippen LogP contribution in [0.15, 0.2) is 16.8 Å². The quantitative estimate of drug-likeness (QED) is 0.756. The minimum Gasteiger partial charge on any atom is -0.321 e. The first-order chi connectivity index (χ1) is 7.24. The van der Waals surface area contributed by atoms with Gasteiger partial charge in [0.15, 0.2) is 0 Å². The third-order valence-corrected chi connectivity index (χ3v) is 4.59. The molecule has 1 aromatic rings. The van der Waals surface area contributed by atoms with E-state index in [9.17, 15) is 0 Å². The zero-order valence-corrected chi connectivity index (χ0v) is 10.4. The Bertz CT molecular complexity index is 293. The summed E-state index contributed by atoms with van der Waals surface area (Å²) in [6, 6.07) is 2.21. The van der Waals surface area contributed by atoms with E-state index in [0.717, 1.165) is 5.92 Å². The minimum absolute atomic E-state index is 0.0239. The molecule has 0 radical (unpaired) electrons. The number of nitrogens with two attached hydrogens (primary N) is 1. The van der Waals surface area contributed by atoms with Crippen LogP contribution in [-0.4, -0.2) is 0 Å². The second-order valence-electron chi connectivity index (χ2n) is 4.87. The average Bonchev–Trinajstić information content (AvgIpc) is 2.71. The molecule has 2 N–H and O–H groups in total. The summed E-state index contributed by atoms with van der Waals surface area (Å²) in [6.45, 7) is 2.30. The van der Waals surface area contributed by atoms with E-state index in [2.05, 4.69) is 23.8 Å². The lowest BCUT2D eigenvalue weighted by molar-refractivity contribution is 0.372. The highest BCUT2D eigenvalue weighted by molar-refractivity contribution is 7.08. The Hall–Kier alpha value is -0.340. The second-order valence-corrected chi connectivity index (χ2v) is 5.65. The van der Waals surface area contributed by atoms with Crippen LogP contribution >= 0.6 is 11.3 Å². The normalized spacial score (nSPS) is 32.5. The van der Waals surface area contributed by atoms with Crippen molar-refractivity contribution in [3.63, 3.8) is 0 Å². The molecule has 1 saturated carbocycles. The molecule has 1 aromatic heterocycles. The molecule has 0 saturated heterocycles. The molecular formula is C13H21NS. The standard InChI is InChI=1S/C13H21NS/c1-2-11-4-3-7-13(14,8-5-11)12-6-9-15-10-12/h6,9-11H,2-5,7-8,14H2,1H3. The molecular weight excluding hydrogens is 202 g/mol. The summed E-state index contributed by atoms with van der Waals surface area (Å²) < 4.78 is 0. The summed E-state index contributed by atoms with van der Waals surface area (Å²) in [5, 5.41) is 4.37. The molecule has 84 valence electrons. The van der Waals surface area contributed by atoms with E-state index in [1.165, 1.54) is 44.1 Å². The van der Waals surface area contributed by atoms with Crippen LogP contribution in [0.25, 0.3) is 0 Å². The zero-order valence-electron chi connectivity index (χ0n) is 9.54. The van der Waals surface area contributed by atoms with Crippen LogP contribution in [0.1, 0.15) is 51.0 Å². The van der Waals surface area contributed by atoms with E-state index in [0.29, 0.717) is 0 Å². The van der Waals surface area contributed by atoms with Crippen molar-refractivity contribution in [2.45, 2.75) is 51.0 Å². The molecule has 2 heteroatoms. The van der Waals surface area contributed by atoms with Gasteiger partial charge in [-0.3, -0.25) is 0 Å². The second kappa shape index (κ2) is 4.67. The summed E-state index contributed by atoms with van der Waals surface area (Å²) in [5.41, 5.74) is 7.89. The van der Waals surface area contributed by atoms with Crippen molar-refractivity contribution in [2.75, 3.05) is 0 Å². The van der Waals surface area contributed by atoms with Gasteiger partial charge in [-0.25, -0.2) is 0 Å². The van der Waals surface area contributed by atoms with E-state index < -0.39 is 0 Å². The predicted octanol–water partition coefficient (Wildman–Crippen LogP) is 3.89. The first-order valence-electron chi connectivity index (χ1n) is 6.06. The van der Waals surface area contributed by atoms with Crippen molar-refractivity contribution in [2.24, 2.45) is 11.7 Å². The summed E-state index contributed by atoms with van der Waals surface area (Å²) in [6.07, 6.45) is 7.63. The van der Waals surface area contributed by atoms with Gasteiger partial charge < -0.3 is 5.73 Å². The Kier molecular flexibility index (Phi) is 3.47. The van der Waals surface area contributed by atoms with Crippen LogP contribution in [0.3, 0.4) is 0 Å². The molecule has 0 amide bonds. The minimum atomic E-state index is -0.0239. The lowest BCUT2D eigenvalue weighted by Gasteiger charge is -2.27. The molecule has 2 rings (SSSR count). The van der Waals surface area contributed by atoms with Crippen molar-refractivity contribution in [3.05, 3.63) is 22.4 Å². The zero-order chi connectivity index (χ0) is 10.7. The molecule has 0 bridgehead atoms. The highest BCUT2D eigenvalue weighted by Crippen LogP contribution is 2.37. The first-order valence-corrected chi connectivity index (χ1v) is 7.00. The number of hydrogen-bond donors (Lipinski definition) is 1. The van der Waals surface area contributed by atoms with Gasteiger partial charge in [0.25, 0.3) is 0 Å². The van der Waals surface area contributed by atoms with Crippen molar-refractivity contribution in [1.29, 1.82) is 0 Å². The molecule has 1 fully saturated rings. The van der Waals surface area contributed by atoms with Gasteiger partial charge in [0.1, 0.15) is 0 Å². The van der Waals surface area contributed by atoms with Crippen LogP contribution in [0, 0.1) is 5.92 Å². The molecule has 0 aromatic carbocycles. The summed E-state index contributed by atoms with van der Waals surface area (Å²) in [4.78, 5) is 0. The molecule has 2 atom stereocenters. The van der Waals surface area contributed by atoms with Crippen molar-refractivity contribution in [3.8, 4) is 0 Å². The van der Waals surface area contributed by atoms with Gasteiger partial charge in [0, 0.05) is 5.54 Å². The lowest BCUT2D eigenvalue weighted by atomic mass is 9.85. The highest BCUT2D eigenvalue weighted by atomic mass is 32.1. The Morgan fingerprint density at radius 2 is 2.33 bits per heavy atom. The van der Waals surface area contributed by atoms with Crippen molar-refractivity contribution < 1.29 is 0 Å². The number of thiophene rings is 1. The van der Waals surface area contributed by atoms with Crippen molar-refractivity contribution in [1.82, 2.24) is 0 Å². The third-order valence-electron chi connectivity index (χ3n) is 3.91. The third kappa shape index (κ3) is 2.43. The van der Waals surface area contributed by atoms with Crippen molar-refractivity contribution >= 4 is 11.3 Å². The summed E-state index contributed by atoms with van der Waals surface area (Å²) in [5.74, 6) is 0.911. The average molecular weight is 223 g/mol. The molecule has 1 nitrogen and oxygen atoms in total. The molecule has 15 heavy (non-hydrogen) atoms. The molecule has 1 aliphatic rings. The Labute approximate surface area is 96.7 Å². The molecule has 2 unspecified atom stereocenters. The van der Waals surface area contributed by atoms with Gasteiger partial charge >= 0.3 is 0 Å². The maximum Gasteiger partial charge on any atom is 0.0418 e. The van der Waals surface area contributed by atoms with E-state index in [1.54, 1.807) is 11.3 Å². The smallest absolute Gasteiger partial charge is 0.0418 e. The SMILES string of the molecule is CCC1CCCC(N)(c2ccsc2)CC1. The number of hydrogen-bond acceptors (Lipinski definition) is 2.